The topological polar surface area (TPSA) is 72.1 Å². The highest BCUT2D eigenvalue weighted by atomic mass is 32.1. The predicted molar refractivity (Wildman–Crippen MR) is 85.0 cm³/mol. The van der Waals surface area contributed by atoms with Gasteiger partial charge in [-0.25, -0.2) is 9.97 Å². The number of thiazole rings is 1. The first-order chi connectivity index (χ1) is 11.2. The van der Waals surface area contributed by atoms with E-state index in [1.54, 1.807) is 22.8 Å². The Balaban J connectivity index is 1.59. The lowest BCUT2D eigenvalue weighted by atomic mass is 10.1. The lowest BCUT2D eigenvalue weighted by molar-refractivity contribution is 0.0732. The minimum Gasteiger partial charge on any atom is -0.441 e. The Morgan fingerprint density at radius 1 is 1.43 bits per heavy atom. The van der Waals surface area contributed by atoms with Crippen LogP contribution in [-0.4, -0.2) is 32.3 Å². The van der Waals surface area contributed by atoms with Gasteiger partial charge in [-0.3, -0.25) is 9.78 Å². The molecule has 1 amide bonds. The normalized spacial score (nSPS) is 13.9. The van der Waals surface area contributed by atoms with E-state index in [9.17, 15) is 4.79 Å². The number of aryl methyl sites for hydroxylation is 1. The van der Waals surface area contributed by atoms with Crippen LogP contribution in [0.2, 0.25) is 0 Å². The molecule has 0 aliphatic carbocycles. The summed E-state index contributed by atoms with van der Waals surface area (Å²) in [4.78, 5) is 27.9. The molecule has 23 heavy (non-hydrogen) atoms. The van der Waals surface area contributed by atoms with Crippen LogP contribution in [0.4, 0.5) is 0 Å². The number of hydrogen-bond donors (Lipinski definition) is 0. The van der Waals surface area contributed by atoms with Gasteiger partial charge < -0.3 is 9.32 Å². The van der Waals surface area contributed by atoms with Crippen LogP contribution in [0.15, 0.2) is 34.5 Å². The van der Waals surface area contributed by atoms with Crippen molar-refractivity contribution in [1.82, 2.24) is 19.9 Å². The fourth-order valence-corrected chi connectivity index (χ4v) is 3.40. The SMILES string of the molecule is Cc1ncsc1C(=O)N1CCc2oc(-c3cccnc3)nc2C1. The van der Waals surface area contributed by atoms with E-state index in [-0.39, 0.29) is 5.91 Å². The maximum absolute atomic E-state index is 12.6. The molecule has 1 aliphatic heterocycles. The quantitative estimate of drug-likeness (QED) is 0.724. The van der Waals surface area contributed by atoms with E-state index in [0.717, 1.165) is 22.7 Å². The molecule has 7 heteroatoms. The number of carbonyl (C=O) groups excluding carboxylic acids is 1. The van der Waals surface area contributed by atoms with Gasteiger partial charge in [-0.15, -0.1) is 11.3 Å². The minimum absolute atomic E-state index is 0.0153. The zero-order chi connectivity index (χ0) is 15.8. The van der Waals surface area contributed by atoms with Crippen molar-refractivity contribution < 1.29 is 9.21 Å². The molecule has 1 aliphatic rings. The number of carbonyl (C=O) groups is 1. The van der Waals surface area contributed by atoms with Gasteiger partial charge in [0.2, 0.25) is 5.89 Å². The second-order valence-electron chi connectivity index (χ2n) is 5.37. The molecule has 3 aromatic heterocycles. The van der Waals surface area contributed by atoms with Crippen molar-refractivity contribution in [1.29, 1.82) is 0 Å². The number of rotatable bonds is 2. The molecule has 0 aromatic carbocycles. The molecule has 0 bridgehead atoms. The van der Waals surface area contributed by atoms with Crippen molar-refractivity contribution in [2.75, 3.05) is 6.54 Å². The van der Waals surface area contributed by atoms with E-state index in [4.69, 9.17) is 4.42 Å². The molecular formula is C16H14N4O2S. The molecule has 0 unspecified atom stereocenters. The van der Waals surface area contributed by atoms with E-state index in [1.165, 1.54) is 11.3 Å². The standard InChI is InChI=1S/C16H14N4O2S/c1-10-14(23-9-18-10)16(21)20-6-4-13-12(8-20)19-15(22-13)11-3-2-5-17-7-11/h2-3,5,7,9H,4,6,8H2,1H3. The largest absolute Gasteiger partial charge is 0.441 e. The van der Waals surface area contributed by atoms with Gasteiger partial charge in [-0.1, -0.05) is 0 Å². The zero-order valence-corrected chi connectivity index (χ0v) is 13.3. The van der Waals surface area contributed by atoms with Crippen molar-refractivity contribution >= 4 is 17.2 Å². The first-order valence-electron chi connectivity index (χ1n) is 7.30. The average molecular weight is 326 g/mol. The Labute approximate surface area is 136 Å². The summed E-state index contributed by atoms with van der Waals surface area (Å²) in [6, 6.07) is 3.76. The summed E-state index contributed by atoms with van der Waals surface area (Å²) in [5.41, 5.74) is 4.15. The molecule has 3 aromatic rings. The molecular weight excluding hydrogens is 312 g/mol. The van der Waals surface area contributed by atoms with Crippen molar-refractivity contribution in [3.63, 3.8) is 0 Å². The third-order valence-corrected chi connectivity index (χ3v) is 4.78. The van der Waals surface area contributed by atoms with Gasteiger partial charge >= 0.3 is 0 Å². The van der Waals surface area contributed by atoms with Crippen LogP contribution < -0.4 is 0 Å². The Hall–Kier alpha value is -2.54. The van der Waals surface area contributed by atoms with E-state index in [2.05, 4.69) is 15.0 Å². The second kappa shape index (κ2) is 5.58. The molecule has 0 fully saturated rings. The van der Waals surface area contributed by atoms with Crippen LogP contribution in [0.25, 0.3) is 11.5 Å². The number of pyridine rings is 1. The summed E-state index contributed by atoms with van der Waals surface area (Å²) in [7, 11) is 0. The van der Waals surface area contributed by atoms with Gasteiger partial charge in [0, 0.05) is 25.4 Å². The van der Waals surface area contributed by atoms with Gasteiger partial charge in [-0.2, -0.15) is 0 Å². The van der Waals surface area contributed by atoms with Crippen molar-refractivity contribution in [2.45, 2.75) is 19.9 Å². The van der Waals surface area contributed by atoms with Crippen LogP contribution >= 0.6 is 11.3 Å². The fourth-order valence-electron chi connectivity index (χ4n) is 2.64. The maximum Gasteiger partial charge on any atom is 0.266 e. The van der Waals surface area contributed by atoms with E-state index >= 15 is 0 Å². The summed E-state index contributed by atoms with van der Waals surface area (Å²) in [5.74, 6) is 1.43. The minimum atomic E-state index is 0.0153. The number of nitrogens with zero attached hydrogens (tertiary/aromatic N) is 4. The lowest BCUT2D eigenvalue weighted by Crippen LogP contribution is -2.35. The van der Waals surface area contributed by atoms with Crippen molar-refractivity contribution in [2.24, 2.45) is 0 Å². The van der Waals surface area contributed by atoms with E-state index < -0.39 is 0 Å². The second-order valence-corrected chi connectivity index (χ2v) is 6.23. The van der Waals surface area contributed by atoms with Gasteiger partial charge in [-0.05, 0) is 19.1 Å². The van der Waals surface area contributed by atoms with E-state index in [1.807, 2.05) is 19.1 Å². The molecule has 116 valence electrons. The molecule has 0 saturated carbocycles. The summed E-state index contributed by atoms with van der Waals surface area (Å²) in [5, 5.41) is 0. The summed E-state index contributed by atoms with van der Waals surface area (Å²) < 4.78 is 5.84. The smallest absolute Gasteiger partial charge is 0.266 e. The maximum atomic E-state index is 12.6. The zero-order valence-electron chi connectivity index (χ0n) is 12.5. The van der Waals surface area contributed by atoms with Gasteiger partial charge in [0.1, 0.15) is 16.3 Å². The monoisotopic (exact) mass is 326 g/mol. The third-order valence-electron chi connectivity index (χ3n) is 3.86. The molecule has 0 saturated heterocycles. The Morgan fingerprint density at radius 2 is 2.35 bits per heavy atom. The first kappa shape index (κ1) is 14.1. The Morgan fingerprint density at radius 3 is 3.09 bits per heavy atom. The highest BCUT2D eigenvalue weighted by molar-refractivity contribution is 7.11. The van der Waals surface area contributed by atoms with Crippen LogP contribution in [0, 0.1) is 6.92 Å². The molecule has 0 radical (unpaired) electrons. The van der Waals surface area contributed by atoms with E-state index in [0.29, 0.717) is 30.3 Å². The number of fused-ring (bicyclic) bond motifs is 1. The fraction of sp³-hybridized carbons (Fsp3) is 0.250. The number of amides is 1. The molecule has 4 heterocycles. The van der Waals surface area contributed by atoms with Gasteiger partial charge in [0.25, 0.3) is 5.91 Å². The third kappa shape index (κ3) is 2.53. The predicted octanol–water partition coefficient (Wildman–Crippen LogP) is 2.70. The number of hydrogen-bond acceptors (Lipinski definition) is 6. The number of oxazole rings is 1. The van der Waals surface area contributed by atoms with Gasteiger partial charge in [0.15, 0.2) is 0 Å². The summed E-state index contributed by atoms with van der Waals surface area (Å²) >= 11 is 1.38. The molecule has 6 nitrogen and oxygen atoms in total. The van der Waals surface area contributed by atoms with Crippen LogP contribution in [0.5, 0.6) is 0 Å². The first-order valence-corrected chi connectivity index (χ1v) is 8.18. The van der Waals surface area contributed by atoms with Crippen LogP contribution in [0.1, 0.15) is 26.8 Å². The van der Waals surface area contributed by atoms with Crippen molar-refractivity contribution in [3.05, 3.63) is 52.1 Å². The molecule has 0 spiro atoms. The van der Waals surface area contributed by atoms with Gasteiger partial charge in [0.05, 0.1) is 23.3 Å². The lowest BCUT2D eigenvalue weighted by Gasteiger charge is -2.24. The molecule has 4 rings (SSSR count). The highest BCUT2D eigenvalue weighted by Gasteiger charge is 2.28. The highest BCUT2D eigenvalue weighted by Crippen LogP contribution is 2.27. The average Bonchev–Trinajstić information content (AvgIpc) is 3.20. The Kier molecular flexibility index (Phi) is 3.42. The summed E-state index contributed by atoms with van der Waals surface area (Å²) in [6.45, 7) is 2.95. The summed E-state index contributed by atoms with van der Waals surface area (Å²) in [6.07, 6.45) is 4.11. The Bertz CT molecular complexity index is 856. The van der Waals surface area contributed by atoms with Crippen LogP contribution in [0.3, 0.4) is 0 Å². The van der Waals surface area contributed by atoms with Crippen LogP contribution in [-0.2, 0) is 13.0 Å². The molecule has 0 N–H and O–H groups in total. The number of aromatic nitrogens is 3. The molecule has 0 atom stereocenters. The van der Waals surface area contributed by atoms with Crippen molar-refractivity contribution in [3.8, 4) is 11.5 Å².